The van der Waals surface area contributed by atoms with Gasteiger partial charge in [0.25, 0.3) is 0 Å². The summed E-state index contributed by atoms with van der Waals surface area (Å²) in [6, 6.07) is 8.46. The second-order valence-electron chi connectivity index (χ2n) is 5.98. The molecular formula is C18H29IN6. The van der Waals surface area contributed by atoms with E-state index in [-0.39, 0.29) is 24.0 Å². The normalized spacial score (nSPS) is 11.0. The summed E-state index contributed by atoms with van der Waals surface area (Å²) in [7, 11) is 5.91. The fourth-order valence-corrected chi connectivity index (χ4v) is 2.44. The lowest BCUT2D eigenvalue weighted by Gasteiger charge is -2.16. The van der Waals surface area contributed by atoms with Gasteiger partial charge < -0.3 is 15.5 Å². The monoisotopic (exact) mass is 456 g/mol. The molecular weight excluding hydrogens is 427 g/mol. The Hall–Kier alpha value is -1.77. The smallest absolute Gasteiger partial charge is 0.191 e. The number of nitrogens with zero attached hydrogens (tertiary/aromatic N) is 4. The molecule has 0 unspecified atom stereocenters. The van der Waals surface area contributed by atoms with Crippen LogP contribution in [0.5, 0.6) is 0 Å². The zero-order chi connectivity index (χ0) is 17.4. The van der Waals surface area contributed by atoms with E-state index in [2.05, 4.69) is 64.8 Å². The van der Waals surface area contributed by atoms with Gasteiger partial charge in [0.1, 0.15) is 0 Å². The summed E-state index contributed by atoms with van der Waals surface area (Å²) < 4.78 is 1.94. The number of benzene rings is 1. The second-order valence-corrected chi connectivity index (χ2v) is 5.98. The molecule has 0 aliphatic heterocycles. The molecule has 0 saturated carbocycles. The molecule has 0 bridgehead atoms. The Kier molecular flexibility index (Phi) is 9.33. The van der Waals surface area contributed by atoms with Gasteiger partial charge in [0.15, 0.2) is 5.96 Å². The van der Waals surface area contributed by atoms with Gasteiger partial charge >= 0.3 is 0 Å². The minimum Gasteiger partial charge on any atom is -0.378 e. The summed E-state index contributed by atoms with van der Waals surface area (Å²) in [4.78, 5) is 6.39. The number of halogens is 1. The van der Waals surface area contributed by atoms with Crippen LogP contribution in [0, 0.1) is 6.92 Å². The van der Waals surface area contributed by atoms with Gasteiger partial charge in [0.2, 0.25) is 0 Å². The highest BCUT2D eigenvalue weighted by molar-refractivity contribution is 14.0. The SMILES string of the molecule is CN=C(NCCCn1cccn1)NCc1ccc(N(C)C)cc1C.I. The van der Waals surface area contributed by atoms with Crippen LogP contribution >= 0.6 is 24.0 Å². The first-order valence-electron chi connectivity index (χ1n) is 8.29. The zero-order valence-electron chi connectivity index (χ0n) is 15.5. The fraction of sp³-hybridized carbons (Fsp3) is 0.444. The van der Waals surface area contributed by atoms with Gasteiger partial charge in [0, 0.05) is 58.9 Å². The molecule has 1 aromatic heterocycles. The molecule has 1 aromatic carbocycles. The number of rotatable bonds is 7. The van der Waals surface area contributed by atoms with Gasteiger partial charge in [-0.05, 0) is 42.7 Å². The lowest BCUT2D eigenvalue weighted by atomic mass is 10.1. The molecule has 1 heterocycles. The Balaban J connectivity index is 0.00000312. The third-order valence-electron chi connectivity index (χ3n) is 3.93. The van der Waals surface area contributed by atoms with Crippen molar-refractivity contribution < 1.29 is 0 Å². The van der Waals surface area contributed by atoms with Crippen molar-refractivity contribution in [3.05, 3.63) is 47.8 Å². The molecule has 0 radical (unpaired) electrons. The quantitative estimate of drug-likeness (QED) is 0.291. The average Bonchev–Trinajstić information content (AvgIpc) is 3.08. The van der Waals surface area contributed by atoms with E-state index >= 15 is 0 Å². The summed E-state index contributed by atoms with van der Waals surface area (Å²) in [5.74, 6) is 0.826. The number of hydrogen-bond donors (Lipinski definition) is 2. The van der Waals surface area contributed by atoms with E-state index in [0.29, 0.717) is 0 Å². The van der Waals surface area contributed by atoms with Gasteiger partial charge in [-0.2, -0.15) is 5.10 Å². The standard InChI is InChI=1S/C18H28N6.HI/c1-15-13-17(23(3)4)8-7-16(15)14-21-18(19-2)20-9-5-11-24-12-6-10-22-24;/h6-8,10,12-13H,5,9,11,14H2,1-4H3,(H2,19,20,21);1H. The molecule has 0 aliphatic rings. The van der Waals surface area contributed by atoms with Crippen molar-refractivity contribution in [3.63, 3.8) is 0 Å². The minimum absolute atomic E-state index is 0. The molecule has 2 N–H and O–H groups in total. The first-order valence-corrected chi connectivity index (χ1v) is 8.29. The van der Waals surface area contributed by atoms with Crippen LogP contribution in [-0.4, -0.2) is 43.4 Å². The van der Waals surface area contributed by atoms with Crippen LogP contribution in [0.15, 0.2) is 41.7 Å². The third-order valence-corrected chi connectivity index (χ3v) is 3.93. The topological polar surface area (TPSA) is 57.5 Å². The molecule has 0 saturated heterocycles. The third kappa shape index (κ3) is 6.93. The number of guanidine groups is 1. The van der Waals surface area contributed by atoms with E-state index in [4.69, 9.17) is 0 Å². The molecule has 0 aliphatic carbocycles. The van der Waals surface area contributed by atoms with Crippen molar-refractivity contribution in [2.24, 2.45) is 4.99 Å². The maximum absolute atomic E-state index is 4.28. The van der Waals surface area contributed by atoms with Crippen LogP contribution in [0.3, 0.4) is 0 Å². The van der Waals surface area contributed by atoms with Crippen molar-refractivity contribution in [2.45, 2.75) is 26.4 Å². The van der Waals surface area contributed by atoms with Gasteiger partial charge in [-0.1, -0.05) is 6.07 Å². The molecule has 0 atom stereocenters. The average molecular weight is 456 g/mol. The molecule has 0 spiro atoms. The first-order chi connectivity index (χ1) is 11.6. The number of nitrogens with one attached hydrogen (secondary N) is 2. The van der Waals surface area contributed by atoms with Crippen LogP contribution < -0.4 is 15.5 Å². The maximum Gasteiger partial charge on any atom is 0.191 e. The lowest BCUT2D eigenvalue weighted by Crippen LogP contribution is -2.37. The van der Waals surface area contributed by atoms with Crippen LogP contribution in [0.2, 0.25) is 0 Å². The molecule has 2 rings (SSSR count). The molecule has 6 nitrogen and oxygen atoms in total. The first kappa shape index (κ1) is 21.3. The summed E-state index contributed by atoms with van der Waals surface area (Å²) in [6.45, 7) is 4.67. The van der Waals surface area contributed by atoms with E-state index < -0.39 is 0 Å². The Labute approximate surface area is 167 Å². The maximum atomic E-state index is 4.28. The van der Waals surface area contributed by atoms with Crippen LogP contribution in [0.1, 0.15) is 17.5 Å². The number of aromatic nitrogens is 2. The number of aryl methyl sites for hydroxylation is 2. The predicted octanol–water partition coefficient (Wildman–Crippen LogP) is 2.63. The zero-order valence-corrected chi connectivity index (χ0v) is 17.8. The Morgan fingerprint density at radius 2 is 2.08 bits per heavy atom. The van der Waals surface area contributed by atoms with Gasteiger partial charge in [0.05, 0.1) is 0 Å². The molecule has 2 aromatic rings. The molecule has 7 heteroatoms. The summed E-state index contributed by atoms with van der Waals surface area (Å²) >= 11 is 0. The highest BCUT2D eigenvalue weighted by Gasteiger charge is 2.03. The van der Waals surface area contributed by atoms with E-state index in [9.17, 15) is 0 Å². The number of hydrogen-bond acceptors (Lipinski definition) is 3. The van der Waals surface area contributed by atoms with Crippen molar-refractivity contribution in [1.29, 1.82) is 0 Å². The molecule has 0 fully saturated rings. The Morgan fingerprint density at radius 1 is 1.28 bits per heavy atom. The Morgan fingerprint density at radius 3 is 2.68 bits per heavy atom. The highest BCUT2D eigenvalue weighted by atomic mass is 127. The molecule has 0 amide bonds. The number of anilines is 1. The fourth-order valence-electron chi connectivity index (χ4n) is 2.44. The van der Waals surface area contributed by atoms with Gasteiger partial charge in [-0.15, -0.1) is 24.0 Å². The lowest BCUT2D eigenvalue weighted by molar-refractivity contribution is 0.570. The van der Waals surface area contributed by atoms with Gasteiger partial charge in [-0.3, -0.25) is 9.67 Å². The molecule has 25 heavy (non-hydrogen) atoms. The second kappa shape index (κ2) is 11.0. The minimum atomic E-state index is 0. The van der Waals surface area contributed by atoms with E-state index in [0.717, 1.165) is 32.0 Å². The summed E-state index contributed by atoms with van der Waals surface area (Å²) in [5, 5.41) is 10.9. The van der Waals surface area contributed by atoms with Crippen molar-refractivity contribution in [3.8, 4) is 0 Å². The predicted molar refractivity (Wildman–Crippen MR) is 116 cm³/mol. The highest BCUT2D eigenvalue weighted by Crippen LogP contribution is 2.17. The van der Waals surface area contributed by atoms with Crippen LogP contribution in [0.4, 0.5) is 5.69 Å². The van der Waals surface area contributed by atoms with Crippen LogP contribution in [-0.2, 0) is 13.1 Å². The Bertz CT molecular complexity index is 652. The largest absolute Gasteiger partial charge is 0.378 e. The van der Waals surface area contributed by atoms with Crippen molar-refractivity contribution >= 4 is 35.6 Å². The van der Waals surface area contributed by atoms with Crippen molar-refractivity contribution in [2.75, 3.05) is 32.6 Å². The molecule has 138 valence electrons. The van der Waals surface area contributed by atoms with Crippen molar-refractivity contribution in [1.82, 2.24) is 20.4 Å². The van der Waals surface area contributed by atoms with Crippen LogP contribution in [0.25, 0.3) is 0 Å². The van der Waals surface area contributed by atoms with E-state index in [1.54, 1.807) is 13.2 Å². The summed E-state index contributed by atoms with van der Waals surface area (Å²) in [6.07, 6.45) is 4.78. The van der Waals surface area contributed by atoms with E-state index in [1.807, 2.05) is 16.9 Å². The summed E-state index contributed by atoms with van der Waals surface area (Å²) in [5.41, 5.74) is 3.78. The van der Waals surface area contributed by atoms with E-state index in [1.165, 1.54) is 16.8 Å². The number of aliphatic imine (C=N–C) groups is 1. The van der Waals surface area contributed by atoms with Gasteiger partial charge in [-0.25, -0.2) is 0 Å².